The van der Waals surface area contributed by atoms with Gasteiger partial charge in [-0.1, -0.05) is 0 Å². The van der Waals surface area contributed by atoms with E-state index >= 15 is 0 Å². The van der Waals surface area contributed by atoms with E-state index in [0.29, 0.717) is 5.11 Å². The summed E-state index contributed by atoms with van der Waals surface area (Å²) in [5.74, 6) is 0. The maximum absolute atomic E-state index is 5.15. The molecule has 0 saturated heterocycles. The number of imidazole rings is 1. The van der Waals surface area contributed by atoms with Crippen LogP contribution in [0, 0.1) is 0 Å². The third-order valence-electron chi connectivity index (χ3n) is 1.42. The number of aromatic nitrogens is 2. The van der Waals surface area contributed by atoms with Crippen LogP contribution in [0.2, 0.25) is 0 Å². The smallest absolute Gasteiger partial charge is 0.184 e. The highest BCUT2D eigenvalue weighted by molar-refractivity contribution is 7.80. The van der Waals surface area contributed by atoms with Gasteiger partial charge in [0, 0.05) is 31.8 Å². The first-order valence-electron chi connectivity index (χ1n) is 3.63. The van der Waals surface area contributed by atoms with Crippen LogP contribution in [0.5, 0.6) is 0 Å². The van der Waals surface area contributed by atoms with Gasteiger partial charge in [-0.15, -0.1) is 0 Å². The summed E-state index contributed by atoms with van der Waals surface area (Å²) in [6.07, 6.45) is 8.41. The van der Waals surface area contributed by atoms with E-state index in [9.17, 15) is 0 Å². The third-order valence-corrected chi connectivity index (χ3v) is 1.92. The Hall–Kier alpha value is -1.49. The van der Waals surface area contributed by atoms with Crippen LogP contribution in [-0.4, -0.2) is 33.3 Å². The van der Waals surface area contributed by atoms with E-state index in [1.165, 1.54) is 0 Å². The van der Waals surface area contributed by atoms with E-state index in [1.54, 1.807) is 40.6 Å². The predicted octanol–water partition coefficient (Wildman–Crippen LogP) is 1.12. The van der Waals surface area contributed by atoms with Crippen molar-refractivity contribution in [1.82, 2.24) is 14.5 Å². The maximum atomic E-state index is 5.15. The molecule has 68 valence electrons. The van der Waals surface area contributed by atoms with Crippen molar-refractivity contribution in [3.05, 3.63) is 31.1 Å². The highest BCUT2D eigenvalue weighted by atomic mass is 32.1. The molecule has 0 N–H and O–H groups in total. The van der Waals surface area contributed by atoms with Crippen molar-refractivity contribution in [3.63, 3.8) is 0 Å². The minimum Gasteiger partial charge on any atom is -0.326 e. The zero-order chi connectivity index (χ0) is 9.68. The topological polar surface area (TPSA) is 33.4 Å². The Kier molecular flexibility index (Phi) is 3.33. The van der Waals surface area contributed by atoms with Gasteiger partial charge in [-0.05, 0) is 18.9 Å². The minimum absolute atomic E-state index is 0.636. The lowest BCUT2D eigenvalue weighted by Gasteiger charge is -2.14. The van der Waals surface area contributed by atoms with Crippen molar-refractivity contribution in [1.29, 1.82) is 0 Å². The van der Waals surface area contributed by atoms with E-state index in [-0.39, 0.29) is 0 Å². The molecule has 0 atom stereocenters. The summed E-state index contributed by atoms with van der Waals surface area (Å²) in [4.78, 5) is 9.23. The van der Waals surface area contributed by atoms with E-state index in [1.807, 2.05) is 7.05 Å². The van der Waals surface area contributed by atoms with Crippen LogP contribution in [-0.2, 0) is 0 Å². The molecule has 0 saturated carbocycles. The van der Waals surface area contributed by atoms with Crippen molar-refractivity contribution in [2.24, 2.45) is 4.99 Å². The van der Waals surface area contributed by atoms with Crippen molar-refractivity contribution < 1.29 is 0 Å². The van der Waals surface area contributed by atoms with Crippen LogP contribution >= 0.6 is 12.2 Å². The molecule has 0 aromatic carbocycles. The molecule has 0 aliphatic rings. The van der Waals surface area contributed by atoms with Gasteiger partial charge in [0.05, 0.1) is 0 Å². The lowest BCUT2D eigenvalue weighted by molar-refractivity contribution is 0.670. The van der Waals surface area contributed by atoms with Gasteiger partial charge in [0.1, 0.15) is 6.33 Å². The molecule has 1 aromatic heterocycles. The van der Waals surface area contributed by atoms with Crippen LogP contribution < -0.4 is 0 Å². The Balaban J connectivity index is 2.68. The standard InChI is InChI=1S/C8H10N4S/c1-9-3-5-11(2)8(13)12-6-4-10-7-12/h3-7H,1H2,2H3/b5-3-. The van der Waals surface area contributed by atoms with Gasteiger partial charge in [0.2, 0.25) is 0 Å². The number of hydrogen-bond donors (Lipinski definition) is 0. The molecule has 0 spiro atoms. The molecule has 1 rings (SSSR count). The van der Waals surface area contributed by atoms with Gasteiger partial charge in [0.25, 0.3) is 0 Å². The fourth-order valence-electron chi connectivity index (χ4n) is 0.765. The maximum Gasteiger partial charge on any atom is 0.184 e. The molecule has 0 amide bonds. The summed E-state index contributed by atoms with van der Waals surface area (Å²) >= 11 is 5.15. The predicted molar refractivity (Wildman–Crippen MR) is 56.7 cm³/mol. The summed E-state index contributed by atoms with van der Waals surface area (Å²) in [7, 11) is 1.84. The number of rotatable bonds is 2. The molecular weight excluding hydrogens is 184 g/mol. The van der Waals surface area contributed by atoms with Gasteiger partial charge in [-0.3, -0.25) is 9.56 Å². The summed E-state index contributed by atoms with van der Waals surface area (Å²) in [6.45, 7) is 3.33. The van der Waals surface area contributed by atoms with Gasteiger partial charge in [-0.2, -0.15) is 0 Å². The lowest BCUT2D eigenvalue weighted by atomic mass is 10.7. The molecule has 1 heterocycles. The number of hydrogen-bond acceptors (Lipinski definition) is 3. The van der Waals surface area contributed by atoms with Crippen LogP contribution in [0.1, 0.15) is 0 Å². The van der Waals surface area contributed by atoms with Gasteiger partial charge in [-0.25, -0.2) is 4.98 Å². The third kappa shape index (κ3) is 2.48. The SMILES string of the molecule is C=N/C=C\N(C)C(=S)n1ccnc1. The van der Waals surface area contributed by atoms with E-state index < -0.39 is 0 Å². The van der Waals surface area contributed by atoms with Crippen molar-refractivity contribution in [2.75, 3.05) is 7.05 Å². The molecule has 0 bridgehead atoms. The van der Waals surface area contributed by atoms with Crippen LogP contribution in [0.4, 0.5) is 0 Å². The zero-order valence-electron chi connectivity index (χ0n) is 7.29. The molecule has 13 heavy (non-hydrogen) atoms. The van der Waals surface area contributed by atoms with E-state index in [4.69, 9.17) is 12.2 Å². The number of nitrogens with zero attached hydrogens (tertiary/aromatic N) is 4. The van der Waals surface area contributed by atoms with Crippen molar-refractivity contribution >= 4 is 24.0 Å². The Labute approximate surface area is 82.2 Å². The highest BCUT2D eigenvalue weighted by Gasteiger charge is 2.01. The lowest BCUT2D eigenvalue weighted by Crippen LogP contribution is -2.24. The summed E-state index contributed by atoms with van der Waals surface area (Å²) in [5, 5.41) is 0.636. The molecule has 0 radical (unpaired) electrons. The molecule has 5 heteroatoms. The fraction of sp³-hybridized carbons (Fsp3) is 0.125. The second-order valence-electron chi connectivity index (χ2n) is 2.34. The first-order chi connectivity index (χ1) is 6.25. The first-order valence-corrected chi connectivity index (χ1v) is 4.04. The van der Waals surface area contributed by atoms with Crippen molar-refractivity contribution in [2.45, 2.75) is 0 Å². The zero-order valence-corrected chi connectivity index (χ0v) is 8.11. The fourth-order valence-corrected chi connectivity index (χ4v) is 0.934. The summed E-state index contributed by atoms with van der Waals surface area (Å²) < 4.78 is 1.74. The number of aliphatic imine (C=N–C) groups is 1. The summed E-state index contributed by atoms with van der Waals surface area (Å²) in [5.41, 5.74) is 0. The summed E-state index contributed by atoms with van der Waals surface area (Å²) in [6, 6.07) is 0. The molecule has 0 aliphatic heterocycles. The molecule has 0 fully saturated rings. The number of thiocarbonyl (C=S) groups is 1. The molecular formula is C8H10N4S. The van der Waals surface area contributed by atoms with E-state index in [0.717, 1.165) is 0 Å². The monoisotopic (exact) mass is 194 g/mol. The molecule has 0 unspecified atom stereocenters. The molecule has 4 nitrogen and oxygen atoms in total. The minimum atomic E-state index is 0.636. The Morgan fingerprint density at radius 2 is 2.54 bits per heavy atom. The Morgan fingerprint density at radius 1 is 1.77 bits per heavy atom. The molecule has 1 aromatic rings. The van der Waals surface area contributed by atoms with Crippen LogP contribution in [0.3, 0.4) is 0 Å². The highest BCUT2D eigenvalue weighted by Crippen LogP contribution is 1.94. The normalized spacial score (nSPS) is 10.2. The van der Waals surface area contributed by atoms with Gasteiger partial charge < -0.3 is 4.90 Å². The Bertz CT molecular complexity index is 315. The average molecular weight is 194 g/mol. The second kappa shape index (κ2) is 4.51. The first kappa shape index (κ1) is 9.60. The second-order valence-corrected chi connectivity index (χ2v) is 2.71. The average Bonchev–Trinajstić information content (AvgIpc) is 2.65. The van der Waals surface area contributed by atoms with Crippen molar-refractivity contribution in [3.8, 4) is 0 Å². The van der Waals surface area contributed by atoms with Gasteiger partial charge >= 0.3 is 0 Å². The Morgan fingerprint density at radius 3 is 3.08 bits per heavy atom. The largest absolute Gasteiger partial charge is 0.326 e. The van der Waals surface area contributed by atoms with Gasteiger partial charge in [0.15, 0.2) is 5.11 Å². The quantitative estimate of drug-likeness (QED) is 0.522. The van der Waals surface area contributed by atoms with E-state index in [2.05, 4.69) is 16.7 Å². The molecule has 0 aliphatic carbocycles. The van der Waals surface area contributed by atoms with Crippen LogP contribution in [0.25, 0.3) is 0 Å². The van der Waals surface area contributed by atoms with Crippen LogP contribution in [0.15, 0.2) is 36.1 Å².